The van der Waals surface area contributed by atoms with Crippen LogP contribution in [0.25, 0.3) is 11.4 Å². The van der Waals surface area contributed by atoms with Crippen LogP contribution >= 0.6 is 11.8 Å². The van der Waals surface area contributed by atoms with Crippen LogP contribution in [0.15, 0.2) is 65.8 Å². The molecule has 0 aliphatic heterocycles. The molecule has 6 heteroatoms. The molecule has 0 saturated carbocycles. The highest BCUT2D eigenvalue weighted by atomic mass is 32.2. The summed E-state index contributed by atoms with van der Waals surface area (Å²) in [6.07, 6.45) is 0. The van der Waals surface area contributed by atoms with Crippen LogP contribution in [0.3, 0.4) is 0 Å². The molecule has 1 heterocycles. The highest BCUT2D eigenvalue weighted by molar-refractivity contribution is 8.00. The molecule has 3 rings (SSSR count). The van der Waals surface area contributed by atoms with Crippen molar-refractivity contribution in [2.75, 3.05) is 0 Å². The van der Waals surface area contributed by atoms with Crippen LogP contribution in [0.4, 0.5) is 0 Å². The summed E-state index contributed by atoms with van der Waals surface area (Å²) >= 11 is 1.43. The number of hydrogen-bond donors (Lipinski definition) is 1. The number of carbonyl (C=O) groups excluding carboxylic acids is 1. The summed E-state index contributed by atoms with van der Waals surface area (Å²) in [5, 5.41) is 12.2. The zero-order valence-electron chi connectivity index (χ0n) is 15.8. The topological polar surface area (TPSA) is 59.8 Å². The molecule has 0 radical (unpaired) electrons. The van der Waals surface area contributed by atoms with E-state index in [1.54, 1.807) is 0 Å². The number of nitrogens with one attached hydrogen (secondary N) is 1. The van der Waals surface area contributed by atoms with Crippen LogP contribution in [0.2, 0.25) is 0 Å². The first-order chi connectivity index (χ1) is 13.1. The van der Waals surface area contributed by atoms with Crippen molar-refractivity contribution < 1.29 is 4.79 Å². The Morgan fingerprint density at radius 2 is 1.67 bits per heavy atom. The van der Waals surface area contributed by atoms with Gasteiger partial charge in [0.15, 0.2) is 11.0 Å². The zero-order valence-corrected chi connectivity index (χ0v) is 16.6. The van der Waals surface area contributed by atoms with Crippen molar-refractivity contribution >= 4 is 17.7 Å². The number of nitrogens with zero attached hydrogens (tertiary/aromatic N) is 3. The lowest BCUT2D eigenvalue weighted by Gasteiger charge is -2.17. The SMILES string of the molecule is CCn1c(SC(C)C(=O)NC(C)c2ccccc2)nnc1-c1ccccc1. The molecule has 0 fully saturated rings. The molecule has 1 N–H and O–H groups in total. The largest absolute Gasteiger partial charge is 0.349 e. The van der Waals surface area contributed by atoms with Gasteiger partial charge < -0.3 is 9.88 Å². The molecule has 2 aromatic carbocycles. The van der Waals surface area contributed by atoms with Crippen molar-refractivity contribution in [2.45, 2.75) is 43.8 Å². The quantitative estimate of drug-likeness (QED) is 0.620. The van der Waals surface area contributed by atoms with Gasteiger partial charge in [-0.15, -0.1) is 10.2 Å². The average molecular weight is 381 g/mol. The van der Waals surface area contributed by atoms with Gasteiger partial charge in [0.1, 0.15) is 0 Å². The van der Waals surface area contributed by atoms with Crippen LogP contribution in [0, 0.1) is 0 Å². The first-order valence-electron chi connectivity index (χ1n) is 9.10. The van der Waals surface area contributed by atoms with Gasteiger partial charge in [0.2, 0.25) is 5.91 Å². The maximum absolute atomic E-state index is 12.6. The monoisotopic (exact) mass is 380 g/mol. The number of hydrogen-bond acceptors (Lipinski definition) is 4. The Hall–Kier alpha value is -2.60. The van der Waals surface area contributed by atoms with Gasteiger partial charge in [-0.1, -0.05) is 72.4 Å². The molecule has 1 amide bonds. The molecule has 2 unspecified atom stereocenters. The van der Waals surface area contributed by atoms with Crippen LogP contribution < -0.4 is 5.32 Å². The summed E-state index contributed by atoms with van der Waals surface area (Å²) in [7, 11) is 0. The molecule has 0 saturated heterocycles. The molecule has 5 nitrogen and oxygen atoms in total. The minimum absolute atomic E-state index is 0.0109. The maximum atomic E-state index is 12.6. The minimum Gasteiger partial charge on any atom is -0.349 e. The van der Waals surface area contributed by atoms with Crippen molar-refractivity contribution in [1.82, 2.24) is 20.1 Å². The molecule has 27 heavy (non-hydrogen) atoms. The molecule has 0 bridgehead atoms. The van der Waals surface area contributed by atoms with Crippen LogP contribution in [-0.2, 0) is 11.3 Å². The van der Waals surface area contributed by atoms with E-state index in [4.69, 9.17) is 0 Å². The third kappa shape index (κ3) is 4.57. The number of rotatable bonds is 7. The van der Waals surface area contributed by atoms with E-state index in [0.29, 0.717) is 0 Å². The van der Waals surface area contributed by atoms with Crippen LogP contribution in [0.1, 0.15) is 32.4 Å². The lowest BCUT2D eigenvalue weighted by atomic mass is 10.1. The molecule has 140 valence electrons. The van der Waals surface area contributed by atoms with Gasteiger partial charge in [-0.2, -0.15) is 0 Å². The number of carbonyl (C=O) groups is 1. The first-order valence-corrected chi connectivity index (χ1v) is 9.98. The second-order valence-electron chi connectivity index (χ2n) is 6.32. The second kappa shape index (κ2) is 8.86. The Morgan fingerprint density at radius 1 is 1.04 bits per heavy atom. The van der Waals surface area contributed by atoms with Gasteiger partial charge in [-0.05, 0) is 26.3 Å². The fourth-order valence-corrected chi connectivity index (χ4v) is 3.75. The Balaban J connectivity index is 1.69. The van der Waals surface area contributed by atoms with Crippen LogP contribution in [0.5, 0.6) is 0 Å². The minimum atomic E-state index is -0.269. The summed E-state index contributed by atoms with van der Waals surface area (Å²) in [5.74, 6) is 0.814. The van der Waals surface area contributed by atoms with E-state index in [-0.39, 0.29) is 17.2 Å². The van der Waals surface area contributed by atoms with Gasteiger partial charge in [-0.25, -0.2) is 0 Å². The predicted octanol–water partition coefficient (Wildman–Crippen LogP) is 4.32. The van der Waals surface area contributed by atoms with E-state index < -0.39 is 0 Å². The van der Waals surface area contributed by atoms with E-state index >= 15 is 0 Å². The second-order valence-corrected chi connectivity index (χ2v) is 7.63. The summed E-state index contributed by atoms with van der Waals surface area (Å²) in [6, 6.07) is 19.9. The highest BCUT2D eigenvalue weighted by Crippen LogP contribution is 2.27. The van der Waals surface area contributed by atoms with E-state index in [0.717, 1.165) is 28.7 Å². The summed E-state index contributed by atoms with van der Waals surface area (Å²) < 4.78 is 2.05. The number of benzene rings is 2. The smallest absolute Gasteiger partial charge is 0.233 e. The molecule has 1 aromatic heterocycles. The molecule has 0 aliphatic carbocycles. The van der Waals surface area contributed by atoms with Gasteiger partial charge in [0, 0.05) is 12.1 Å². The van der Waals surface area contributed by atoms with E-state index in [2.05, 4.69) is 22.4 Å². The average Bonchev–Trinajstić information content (AvgIpc) is 3.11. The third-order valence-corrected chi connectivity index (χ3v) is 5.46. The van der Waals surface area contributed by atoms with Crippen molar-refractivity contribution in [3.63, 3.8) is 0 Å². The lowest BCUT2D eigenvalue weighted by Crippen LogP contribution is -2.33. The Kier molecular flexibility index (Phi) is 6.29. The fourth-order valence-electron chi connectivity index (χ4n) is 2.83. The molecule has 0 spiro atoms. The predicted molar refractivity (Wildman–Crippen MR) is 109 cm³/mol. The zero-order chi connectivity index (χ0) is 19.2. The number of aromatic nitrogens is 3. The van der Waals surface area contributed by atoms with Crippen molar-refractivity contribution in [3.05, 3.63) is 66.2 Å². The molecule has 3 aromatic rings. The first kappa shape index (κ1) is 19.2. The van der Waals surface area contributed by atoms with E-state index in [1.807, 2.05) is 79.1 Å². The molecular formula is C21H24N4OS. The number of amides is 1. The van der Waals surface area contributed by atoms with E-state index in [1.165, 1.54) is 11.8 Å². The fraction of sp³-hybridized carbons (Fsp3) is 0.286. The van der Waals surface area contributed by atoms with Crippen molar-refractivity contribution in [2.24, 2.45) is 0 Å². The maximum Gasteiger partial charge on any atom is 0.233 e. The Bertz CT molecular complexity index is 880. The Morgan fingerprint density at radius 3 is 2.30 bits per heavy atom. The Labute approximate surface area is 164 Å². The number of thioether (sulfide) groups is 1. The van der Waals surface area contributed by atoms with Crippen LogP contribution in [-0.4, -0.2) is 25.9 Å². The van der Waals surface area contributed by atoms with Gasteiger partial charge in [0.25, 0.3) is 0 Å². The summed E-state index contributed by atoms with van der Waals surface area (Å²) in [6.45, 7) is 6.69. The van der Waals surface area contributed by atoms with Gasteiger partial charge in [-0.3, -0.25) is 4.79 Å². The van der Waals surface area contributed by atoms with Crippen molar-refractivity contribution in [1.29, 1.82) is 0 Å². The standard InChI is InChI=1S/C21H24N4OS/c1-4-25-19(18-13-9-6-10-14-18)23-24-21(25)27-16(3)20(26)22-15(2)17-11-7-5-8-12-17/h5-16H,4H2,1-3H3,(H,22,26). The highest BCUT2D eigenvalue weighted by Gasteiger charge is 2.21. The van der Waals surface area contributed by atoms with Gasteiger partial charge in [0.05, 0.1) is 11.3 Å². The normalized spacial score (nSPS) is 13.1. The third-order valence-electron chi connectivity index (χ3n) is 4.37. The molecule has 2 atom stereocenters. The van der Waals surface area contributed by atoms with Crippen molar-refractivity contribution in [3.8, 4) is 11.4 Å². The molecule has 0 aliphatic rings. The molecular weight excluding hydrogens is 356 g/mol. The van der Waals surface area contributed by atoms with E-state index in [9.17, 15) is 4.79 Å². The summed E-state index contributed by atoms with van der Waals surface area (Å²) in [5.41, 5.74) is 2.11. The summed E-state index contributed by atoms with van der Waals surface area (Å²) in [4.78, 5) is 12.6. The lowest BCUT2D eigenvalue weighted by molar-refractivity contribution is -0.120. The van der Waals surface area contributed by atoms with Gasteiger partial charge >= 0.3 is 0 Å².